The van der Waals surface area contributed by atoms with Gasteiger partial charge in [0, 0.05) is 0 Å². The summed E-state index contributed by atoms with van der Waals surface area (Å²) in [6.07, 6.45) is 1.35. The number of nitrogens with one attached hydrogen (secondary N) is 2. The minimum atomic E-state index is -0.428. The monoisotopic (exact) mass is 227 g/mol. The number of aromatic amines is 1. The van der Waals surface area contributed by atoms with Gasteiger partial charge in [0.1, 0.15) is 11.8 Å². The Morgan fingerprint density at radius 2 is 2.24 bits per heavy atom. The summed E-state index contributed by atoms with van der Waals surface area (Å²) in [5.74, 6) is -0.428. The van der Waals surface area contributed by atoms with Gasteiger partial charge < -0.3 is 11.1 Å². The van der Waals surface area contributed by atoms with Crippen LogP contribution in [0.15, 0.2) is 30.5 Å². The molecule has 4 N–H and O–H groups in total. The van der Waals surface area contributed by atoms with Crippen molar-refractivity contribution in [1.29, 1.82) is 5.26 Å². The topological polar surface area (TPSA) is 108 Å². The van der Waals surface area contributed by atoms with E-state index in [1.165, 1.54) is 6.20 Å². The first kappa shape index (κ1) is 10.7. The minimum absolute atomic E-state index is 0.178. The van der Waals surface area contributed by atoms with Crippen LogP contribution in [0.4, 0.5) is 11.4 Å². The van der Waals surface area contributed by atoms with Gasteiger partial charge in [-0.3, -0.25) is 9.89 Å². The van der Waals surface area contributed by atoms with Crippen molar-refractivity contribution in [2.45, 2.75) is 0 Å². The second-order valence-electron chi connectivity index (χ2n) is 3.31. The zero-order valence-corrected chi connectivity index (χ0v) is 8.77. The standard InChI is InChI=1S/C11H9N5O/c12-5-7-3-1-2-4-9(7)15-11(17)10-8(13)6-14-16-10/h1-4,6H,13H2,(H,14,16)(H,15,17). The van der Waals surface area contributed by atoms with Crippen molar-refractivity contribution in [3.8, 4) is 6.07 Å². The first-order chi connectivity index (χ1) is 8.22. The first-order valence-electron chi connectivity index (χ1n) is 4.81. The molecule has 1 aromatic carbocycles. The fraction of sp³-hybridized carbons (Fsp3) is 0. The zero-order valence-electron chi connectivity index (χ0n) is 8.77. The Balaban J connectivity index is 2.26. The van der Waals surface area contributed by atoms with Crippen LogP contribution < -0.4 is 11.1 Å². The lowest BCUT2D eigenvalue weighted by Crippen LogP contribution is -2.14. The van der Waals surface area contributed by atoms with E-state index in [-0.39, 0.29) is 11.4 Å². The molecule has 0 aliphatic heterocycles. The number of hydrogen-bond donors (Lipinski definition) is 3. The van der Waals surface area contributed by atoms with Gasteiger partial charge in [0.05, 0.1) is 23.1 Å². The van der Waals surface area contributed by atoms with E-state index in [0.29, 0.717) is 11.3 Å². The molecule has 84 valence electrons. The Morgan fingerprint density at radius 1 is 1.47 bits per heavy atom. The molecule has 0 atom stereocenters. The highest BCUT2D eigenvalue weighted by atomic mass is 16.2. The minimum Gasteiger partial charge on any atom is -0.396 e. The number of nitrogen functional groups attached to an aromatic ring is 1. The van der Waals surface area contributed by atoms with Crippen LogP contribution in [-0.4, -0.2) is 16.1 Å². The summed E-state index contributed by atoms with van der Waals surface area (Å²) in [6.45, 7) is 0. The van der Waals surface area contributed by atoms with Gasteiger partial charge in [0.15, 0.2) is 0 Å². The van der Waals surface area contributed by atoms with E-state index in [4.69, 9.17) is 11.0 Å². The molecular weight excluding hydrogens is 218 g/mol. The molecule has 6 nitrogen and oxygen atoms in total. The molecule has 0 aliphatic rings. The smallest absolute Gasteiger partial charge is 0.275 e. The molecule has 1 aromatic heterocycles. The van der Waals surface area contributed by atoms with Crippen molar-refractivity contribution in [2.75, 3.05) is 11.1 Å². The van der Waals surface area contributed by atoms with Gasteiger partial charge in [-0.25, -0.2) is 0 Å². The maximum absolute atomic E-state index is 11.8. The van der Waals surface area contributed by atoms with Crippen LogP contribution in [0, 0.1) is 11.3 Å². The molecule has 17 heavy (non-hydrogen) atoms. The van der Waals surface area contributed by atoms with Crippen molar-refractivity contribution < 1.29 is 4.79 Å². The van der Waals surface area contributed by atoms with Gasteiger partial charge in [-0.05, 0) is 12.1 Å². The van der Waals surface area contributed by atoms with Gasteiger partial charge in [0.2, 0.25) is 0 Å². The SMILES string of the molecule is N#Cc1ccccc1NC(=O)c1[nH]ncc1N. The van der Waals surface area contributed by atoms with Gasteiger partial charge >= 0.3 is 0 Å². The van der Waals surface area contributed by atoms with Gasteiger partial charge in [-0.2, -0.15) is 10.4 Å². The summed E-state index contributed by atoms with van der Waals surface area (Å²) in [5.41, 5.74) is 6.81. The Labute approximate surface area is 97.1 Å². The van der Waals surface area contributed by atoms with Gasteiger partial charge in [-0.1, -0.05) is 12.1 Å². The van der Waals surface area contributed by atoms with Crippen LogP contribution in [0.2, 0.25) is 0 Å². The van der Waals surface area contributed by atoms with E-state index in [0.717, 1.165) is 0 Å². The number of nitrogens with zero attached hydrogens (tertiary/aromatic N) is 2. The summed E-state index contributed by atoms with van der Waals surface area (Å²) in [7, 11) is 0. The largest absolute Gasteiger partial charge is 0.396 e. The van der Waals surface area contributed by atoms with Crippen LogP contribution in [0.5, 0.6) is 0 Å². The van der Waals surface area contributed by atoms with Crippen LogP contribution >= 0.6 is 0 Å². The third-order valence-electron chi connectivity index (χ3n) is 2.19. The number of aromatic nitrogens is 2. The molecule has 0 unspecified atom stereocenters. The summed E-state index contributed by atoms with van der Waals surface area (Å²) in [6, 6.07) is 8.70. The molecule has 1 amide bonds. The number of hydrogen-bond acceptors (Lipinski definition) is 4. The van der Waals surface area contributed by atoms with Gasteiger partial charge in [-0.15, -0.1) is 0 Å². The van der Waals surface area contributed by atoms with Crippen molar-refractivity contribution >= 4 is 17.3 Å². The fourth-order valence-electron chi connectivity index (χ4n) is 1.35. The normalized spacial score (nSPS) is 9.59. The molecule has 1 heterocycles. The predicted molar refractivity (Wildman–Crippen MR) is 62.1 cm³/mol. The summed E-state index contributed by atoms with van der Waals surface area (Å²) in [5, 5.41) is 17.6. The third kappa shape index (κ3) is 2.08. The van der Waals surface area contributed by atoms with Crippen LogP contribution in [0.1, 0.15) is 16.1 Å². The first-order valence-corrected chi connectivity index (χ1v) is 4.81. The Bertz CT molecular complexity index is 596. The molecule has 0 fully saturated rings. The molecular formula is C11H9N5O. The number of nitriles is 1. The highest BCUT2D eigenvalue weighted by Gasteiger charge is 2.13. The van der Waals surface area contributed by atoms with E-state index >= 15 is 0 Å². The molecule has 0 saturated heterocycles. The second kappa shape index (κ2) is 4.37. The molecule has 0 bridgehead atoms. The number of rotatable bonds is 2. The number of anilines is 2. The zero-order chi connectivity index (χ0) is 12.3. The molecule has 0 saturated carbocycles. The van der Waals surface area contributed by atoms with Crippen LogP contribution in [0.25, 0.3) is 0 Å². The van der Waals surface area contributed by atoms with E-state index in [9.17, 15) is 4.79 Å². The van der Waals surface area contributed by atoms with E-state index in [1.54, 1.807) is 24.3 Å². The van der Waals surface area contributed by atoms with Crippen molar-refractivity contribution in [3.05, 3.63) is 41.7 Å². The molecule has 6 heteroatoms. The predicted octanol–water partition coefficient (Wildman–Crippen LogP) is 1.12. The molecule has 2 rings (SSSR count). The maximum atomic E-state index is 11.8. The fourth-order valence-corrected chi connectivity index (χ4v) is 1.35. The highest BCUT2D eigenvalue weighted by Crippen LogP contribution is 2.15. The third-order valence-corrected chi connectivity index (χ3v) is 2.19. The summed E-state index contributed by atoms with van der Waals surface area (Å²) in [4.78, 5) is 11.8. The number of nitrogens with two attached hydrogens (primary N) is 1. The van der Waals surface area contributed by atoms with Crippen molar-refractivity contribution in [1.82, 2.24) is 10.2 Å². The van der Waals surface area contributed by atoms with Crippen LogP contribution in [-0.2, 0) is 0 Å². The number of H-pyrrole nitrogens is 1. The summed E-state index contributed by atoms with van der Waals surface area (Å²) >= 11 is 0. The number of carbonyl (C=O) groups is 1. The second-order valence-corrected chi connectivity index (χ2v) is 3.31. The Hall–Kier alpha value is -2.81. The Morgan fingerprint density at radius 3 is 2.88 bits per heavy atom. The molecule has 0 radical (unpaired) electrons. The molecule has 0 aliphatic carbocycles. The Kier molecular flexibility index (Phi) is 2.75. The number of amides is 1. The molecule has 2 aromatic rings. The quantitative estimate of drug-likeness (QED) is 0.714. The molecule has 0 spiro atoms. The van der Waals surface area contributed by atoms with E-state index < -0.39 is 5.91 Å². The lowest BCUT2D eigenvalue weighted by Gasteiger charge is -2.05. The average molecular weight is 227 g/mol. The highest BCUT2D eigenvalue weighted by molar-refractivity contribution is 6.06. The van der Waals surface area contributed by atoms with Crippen molar-refractivity contribution in [3.63, 3.8) is 0 Å². The van der Waals surface area contributed by atoms with Gasteiger partial charge in [0.25, 0.3) is 5.91 Å². The average Bonchev–Trinajstić information content (AvgIpc) is 2.76. The number of para-hydroxylation sites is 1. The maximum Gasteiger partial charge on any atom is 0.275 e. The van der Waals surface area contributed by atoms with Crippen LogP contribution in [0.3, 0.4) is 0 Å². The van der Waals surface area contributed by atoms with Crippen molar-refractivity contribution in [2.24, 2.45) is 0 Å². The van der Waals surface area contributed by atoms with E-state index in [1.807, 2.05) is 6.07 Å². The lowest BCUT2D eigenvalue weighted by atomic mass is 10.2. The summed E-state index contributed by atoms with van der Waals surface area (Å²) < 4.78 is 0. The number of benzene rings is 1. The lowest BCUT2D eigenvalue weighted by molar-refractivity contribution is 0.102. The number of carbonyl (C=O) groups excluding carboxylic acids is 1. The van der Waals surface area contributed by atoms with E-state index in [2.05, 4.69) is 15.5 Å².